The predicted molar refractivity (Wildman–Crippen MR) is 121 cm³/mol. The van der Waals surface area contributed by atoms with Crippen LogP contribution in [0.2, 0.25) is 0 Å². The van der Waals surface area contributed by atoms with Crippen molar-refractivity contribution in [3.8, 4) is 11.1 Å². The first kappa shape index (κ1) is 23.3. The molecule has 170 valence electrons. The number of carboxylic acid groups (broad SMARTS) is 1. The Labute approximate surface area is 188 Å². The summed E-state index contributed by atoms with van der Waals surface area (Å²) in [7, 11) is 0. The van der Waals surface area contributed by atoms with Crippen molar-refractivity contribution in [2.45, 2.75) is 51.6 Å². The fraction of sp³-hybridized carbons (Fsp3) is 0.400. The van der Waals surface area contributed by atoms with Crippen LogP contribution in [-0.2, 0) is 14.3 Å². The van der Waals surface area contributed by atoms with E-state index < -0.39 is 30.1 Å². The lowest BCUT2D eigenvalue weighted by molar-refractivity contribution is -0.142. The van der Waals surface area contributed by atoms with E-state index in [-0.39, 0.29) is 24.9 Å². The van der Waals surface area contributed by atoms with Gasteiger partial charge < -0.3 is 20.5 Å². The third kappa shape index (κ3) is 5.28. The van der Waals surface area contributed by atoms with Crippen LogP contribution < -0.4 is 10.6 Å². The molecule has 0 fully saturated rings. The van der Waals surface area contributed by atoms with Gasteiger partial charge in [0.1, 0.15) is 18.7 Å². The van der Waals surface area contributed by atoms with Gasteiger partial charge in [0.15, 0.2) is 0 Å². The second-order valence-electron chi connectivity index (χ2n) is 8.46. The normalized spacial score (nSPS) is 14.2. The Morgan fingerprint density at radius 3 is 2.00 bits per heavy atom. The van der Waals surface area contributed by atoms with Crippen molar-refractivity contribution in [2.24, 2.45) is 5.92 Å². The van der Waals surface area contributed by atoms with E-state index in [1.807, 2.05) is 50.2 Å². The van der Waals surface area contributed by atoms with Gasteiger partial charge in [-0.3, -0.25) is 4.79 Å². The molecule has 1 aliphatic carbocycles. The molecule has 1 aliphatic rings. The standard InChI is InChI=1S/C25H30N2O5/c1-4-21(24(29)30)26-23(28)22(13-15(2)3)27-25(31)32-14-20-18-11-7-5-9-16(18)17-10-6-8-12-19(17)20/h5-12,15,20-22H,4,13-14H2,1-3H3,(H,26,28)(H,27,31)(H,29,30)/t21-,22+/m1/s1. The Morgan fingerprint density at radius 2 is 1.50 bits per heavy atom. The number of ether oxygens (including phenoxy) is 1. The minimum atomic E-state index is -1.11. The summed E-state index contributed by atoms with van der Waals surface area (Å²) in [4.78, 5) is 36.5. The van der Waals surface area contributed by atoms with Gasteiger partial charge in [-0.2, -0.15) is 0 Å². The van der Waals surface area contributed by atoms with Crippen molar-refractivity contribution in [2.75, 3.05) is 6.61 Å². The number of hydrogen-bond donors (Lipinski definition) is 3. The lowest BCUT2D eigenvalue weighted by Crippen LogP contribution is -2.52. The van der Waals surface area contributed by atoms with Crippen LogP contribution in [0.15, 0.2) is 48.5 Å². The summed E-state index contributed by atoms with van der Waals surface area (Å²) in [6.07, 6.45) is -0.0806. The number of rotatable bonds is 9. The fourth-order valence-corrected chi connectivity index (χ4v) is 4.10. The zero-order valence-electron chi connectivity index (χ0n) is 18.6. The van der Waals surface area contributed by atoms with Crippen LogP contribution in [0.5, 0.6) is 0 Å². The van der Waals surface area contributed by atoms with E-state index in [4.69, 9.17) is 4.74 Å². The van der Waals surface area contributed by atoms with E-state index >= 15 is 0 Å². The van der Waals surface area contributed by atoms with Crippen LogP contribution in [0.1, 0.15) is 50.7 Å². The zero-order chi connectivity index (χ0) is 23.3. The highest BCUT2D eigenvalue weighted by Gasteiger charge is 2.30. The molecule has 0 saturated carbocycles. The molecule has 0 heterocycles. The molecule has 0 aromatic heterocycles. The lowest BCUT2D eigenvalue weighted by Gasteiger charge is -2.22. The molecule has 0 bridgehead atoms. The maximum atomic E-state index is 12.6. The lowest BCUT2D eigenvalue weighted by atomic mass is 9.98. The maximum Gasteiger partial charge on any atom is 0.407 e. The number of fused-ring (bicyclic) bond motifs is 3. The first-order valence-electron chi connectivity index (χ1n) is 11.0. The average Bonchev–Trinajstić information content (AvgIpc) is 3.08. The van der Waals surface area contributed by atoms with Crippen molar-refractivity contribution in [3.05, 3.63) is 59.7 Å². The molecule has 7 nitrogen and oxygen atoms in total. The zero-order valence-corrected chi connectivity index (χ0v) is 18.6. The van der Waals surface area contributed by atoms with Crippen molar-refractivity contribution >= 4 is 18.0 Å². The van der Waals surface area contributed by atoms with Crippen LogP contribution in [-0.4, -0.2) is 41.8 Å². The molecular formula is C25H30N2O5. The van der Waals surface area contributed by atoms with Gasteiger partial charge >= 0.3 is 12.1 Å². The highest BCUT2D eigenvalue weighted by molar-refractivity contribution is 5.89. The molecule has 2 atom stereocenters. The molecule has 0 aliphatic heterocycles. The SMILES string of the molecule is CC[C@@H](NC(=O)[C@H](CC(C)C)NC(=O)OCC1c2ccccc2-c2ccccc21)C(=O)O. The Bertz CT molecular complexity index is 942. The molecule has 0 radical (unpaired) electrons. The highest BCUT2D eigenvalue weighted by atomic mass is 16.5. The minimum absolute atomic E-state index is 0.0815. The number of hydrogen-bond acceptors (Lipinski definition) is 4. The molecule has 2 aromatic carbocycles. The Balaban J connectivity index is 1.67. The Kier molecular flexibility index (Phi) is 7.51. The van der Waals surface area contributed by atoms with Gasteiger partial charge in [-0.15, -0.1) is 0 Å². The van der Waals surface area contributed by atoms with Gasteiger partial charge in [0.25, 0.3) is 0 Å². The van der Waals surface area contributed by atoms with Crippen LogP contribution in [0.4, 0.5) is 4.79 Å². The molecule has 3 N–H and O–H groups in total. The minimum Gasteiger partial charge on any atom is -0.480 e. The van der Waals surface area contributed by atoms with Crippen LogP contribution >= 0.6 is 0 Å². The van der Waals surface area contributed by atoms with Crippen molar-refractivity contribution < 1.29 is 24.2 Å². The molecule has 2 aromatic rings. The van der Waals surface area contributed by atoms with Crippen molar-refractivity contribution in [1.82, 2.24) is 10.6 Å². The van der Waals surface area contributed by atoms with Gasteiger partial charge in [0.2, 0.25) is 5.91 Å². The van der Waals surface area contributed by atoms with Gasteiger partial charge in [0.05, 0.1) is 0 Å². The monoisotopic (exact) mass is 438 g/mol. The maximum absolute atomic E-state index is 12.6. The molecule has 0 unspecified atom stereocenters. The molecule has 3 rings (SSSR count). The summed E-state index contributed by atoms with van der Waals surface area (Å²) in [6, 6.07) is 14.2. The molecule has 7 heteroatoms. The van der Waals surface area contributed by atoms with E-state index in [2.05, 4.69) is 22.8 Å². The summed E-state index contributed by atoms with van der Waals surface area (Å²) in [5.41, 5.74) is 4.47. The number of aliphatic carboxylic acids is 1. The number of carboxylic acids is 1. The second-order valence-corrected chi connectivity index (χ2v) is 8.46. The number of alkyl carbamates (subject to hydrolysis) is 1. The van der Waals surface area contributed by atoms with Gasteiger partial charge in [-0.05, 0) is 41.0 Å². The first-order valence-corrected chi connectivity index (χ1v) is 11.0. The smallest absolute Gasteiger partial charge is 0.407 e. The molecule has 2 amide bonds. The number of carbonyl (C=O) groups excluding carboxylic acids is 2. The molecule has 0 spiro atoms. The van der Waals surface area contributed by atoms with E-state index in [0.29, 0.717) is 6.42 Å². The number of amides is 2. The third-order valence-corrected chi connectivity index (χ3v) is 5.68. The summed E-state index contributed by atoms with van der Waals surface area (Å²) in [5, 5.41) is 14.3. The third-order valence-electron chi connectivity index (χ3n) is 5.68. The summed E-state index contributed by atoms with van der Waals surface area (Å²) >= 11 is 0. The topological polar surface area (TPSA) is 105 Å². The van der Waals surface area contributed by atoms with Crippen LogP contribution in [0.25, 0.3) is 11.1 Å². The summed E-state index contributed by atoms with van der Waals surface area (Å²) < 4.78 is 5.53. The Morgan fingerprint density at radius 1 is 0.938 bits per heavy atom. The van der Waals surface area contributed by atoms with E-state index in [9.17, 15) is 19.5 Å². The van der Waals surface area contributed by atoms with Crippen LogP contribution in [0.3, 0.4) is 0 Å². The largest absolute Gasteiger partial charge is 0.480 e. The fourth-order valence-electron chi connectivity index (χ4n) is 4.10. The van der Waals surface area contributed by atoms with E-state index in [1.54, 1.807) is 6.92 Å². The van der Waals surface area contributed by atoms with Crippen LogP contribution in [0, 0.1) is 5.92 Å². The quantitative estimate of drug-likeness (QED) is 0.550. The van der Waals surface area contributed by atoms with Gasteiger partial charge in [-0.1, -0.05) is 69.3 Å². The predicted octanol–water partition coefficient (Wildman–Crippen LogP) is 3.92. The molecular weight excluding hydrogens is 408 g/mol. The number of carbonyl (C=O) groups is 3. The second kappa shape index (κ2) is 10.3. The average molecular weight is 439 g/mol. The first-order chi connectivity index (χ1) is 15.3. The van der Waals surface area contributed by atoms with Gasteiger partial charge in [-0.25, -0.2) is 9.59 Å². The molecule has 0 saturated heterocycles. The summed E-state index contributed by atoms with van der Waals surface area (Å²) in [5.74, 6) is -1.60. The summed E-state index contributed by atoms with van der Waals surface area (Å²) in [6.45, 7) is 5.67. The van der Waals surface area contributed by atoms with E-state index in [1.165, 1.54) is 0 Å². The molecule has 32 heavy (non-hydrogen) atoms. The van der Waals surface area contributed by atoms with Gasteiger partial charge in [0, 0.05) is 5.92 Å². The highest BCUT2D eigenvalue weighted by Crippen LogP contribution is 2.44. The van der Waals surface area contributed by atoms with Crippen molar-refractivity contribution in [1.29, 1.82) is 0 Å². The number of nitrogens with one attached hydrogen (secondary N) is 2. The number of benzene rings is 2. The Hall–Kier alpha value is -3.35. The van der Waals surface area contributed by atoms with Crippen molar-refractivity contribution in [3.63, 3.8) is 0 Å². The van der Waals surface area contributed by atoms with E-state index in [0.717, 1.165) is 22.3 Å².